The van der Waals surface area contributed by atoms with E-state index in [9.17, 15) is 0 Å². The molecule has 112 valence electrons. The van der Waals surface area contributed by atoms with Crippen LogP contribution in [0.5, 0.6) is 5.75 Å². The molecule has 0 spiro atoms. The van der Waals surface area contributed by atoms with Crippen LogP contribution in [0, 0.1) is 5.92 Å². The quantitative estimate of drug-likeness (QED) is 0.454. The van der Waals surface area contributed by atoms with Gasteiger partial charge in [0, 0.05) is 10.9 Å². The monoisotopic (exact) mass is 322 g/mol. The van der Waals surface area contributed by atoms with E-state index < -0.39 is 0 Å². The highest BCUT2D eigenvalue weighted by molar-refractivity contribution is 6.30. The first-order valence-electron chi connectivity index (χ1n) is 7.26. The summed E-state index contributed by atoms with van der Waals surface area (Å²) in [6.07, 6.45) is 3.07. The predicted octanol–water partition coefficient (Wildman–Crippen LogP) is 5.60. The van der Waals surface area contributed by atoms with Gasteiger partial charge in [0.25, 0.3) is 0 Å². The summed E-state index contributed by atoms with van der Waals surface area (Å²) >= 11 is 12.0. The molecule has 0 amide bonds. The topological polar surface area (TPSA) is 9.23 Å². The minimum atomic E-state index is 0.479. The van der Waals surface area contributed by atoms with E-state index in [0.717, 1.165) is 36.6 Å². The first-order valence-corrected chi connectivity index (χ1v) is 8.17. The van der Waals surface area contributed by atoms with Crippen LogP contribution in [0.3, 0.4) is 0 Å². The van der Waals surface area contributed by atoms with Crippen LogP contribution in [0.1, 0.15) is 18.4 Å². The van der Waals surface area contributed by atoms with Crippen molar-refractivity contribution in [2.45, 2.75) is 19.3 Å². The zero-order valence-corrected chi connectivity index (χ0v) is 13.5. The van der Waals surface area contributed by atoms with Crippen LogP contribution >= 0.6 is 23.2 Å². The first-order chi connectivity index (χ1) is 10.3. The lowest BCUT2D eigenvalue weighted by molar-refractivity contribution is 0.295. The molecule has 3 heteroatoms. The molecule has 21 heavy (non-hydrogen) atoms. The van der Waals surface area contributed by atoms with Gasteiger partial charge in [-0.3, -0.25) is 0 Å². The third-order valence-electron chi connectivity index (χ3n) is 3.42. The van der Waals surface area contributed by atoms with Gasteiger partial charge < -0.3 is 4.74 Å². The number of halogens is 2. The first kappa shape index (κ1) is 16.2. The van der Waals surface area contributed by atoms with Crippen molar-refractivity contribution in [3.05, 3.63) is 65.2 Å². The predicted molar refractivity (Wildman–Crippen MR) is 90.5 cm³/mol. The third-order valence-corrected chi connectivity index (χ3v) is 4.11. The van der Waals surface area contributed by atoms with E-state index in [1.54, 1.807) is 0 Å². The van der Waals surface area contributed by atoms with E-state index in [2.05, 4.69) is 12.1 Å². The molecule has 2 aromatic carbocycles. The molecule has 0 aromatic heterocycles. The van der Waals surface area contributed by atoms with Gasteiger partial charge in [0.1, 0.15) is 5.75 Å². The Balaban J connectivity index is 1.71. The Kier molecular flexibility index (Phi) is 6.91. The largest absolute Gasteiger partial charge is 0.494 e. The number of alkyl halides is 1. The van der Waals surface area contributed by atoms with E-state index in [0.29, 0.717) is 11.8 Å². The van der Waals surface area contributed by atoms with Gasteiger partial charge in [-0.2, -0.15) is 0 Å². The second-order valence-electron chi connectivity index (χ2n) is 5.15. The Morgan fingerprint density at radius 3 is 2.33 bits per heavy atom. The molecule has 0 saturated heterocycles. The fourth-order valence-corrected chi connectivity index (χ4v) is 2.66. The Hall–Kier alpha value is -1.18. The van der Waals surface area contributed by atoms with Crippen LogP contribution in [0.2, 0.25) is 5.02 Å². The highest BCUT2D eigenvalue weighted by Gasteiger charge is 2.08. The summed E-state index contributed by atoms with van der Waals surface area (Å²) in [5.74, 6) is 2.08. The summed E-state index contributed by atoms with van der Waals surface area (Å²) in [5.41, 5.74) is 1.29. The maximum atomic E-state index is 6.08. The normalized spacial score (nSPS) is 12.1. The third kappa shape index (κ3) is 5.99. The van der Waals surface area contributed by atoms with Gasteiger partial charge in [-0.15, -0.1) is 11.6 Å². The summed E-state index contributed by atoms with van der Waals surface area (Å²) in [5, 5.41) is 0.775. The lowest BCUT2D eigenvalue weighted by Crippen LogP contribution is -2.09. The van der Waals surface area contributed by atoms with E-state index in [1.807, 2.05) is 42.5 Å². The highest BCUT2D eigenvalue weighted by atomic mass is 35.5. The van der Waals surface area contributed by atoms with Crippen molar-refractivity contribution < 1.29 is 4.74 Å². The summed E-state index contributed by atoms with van der Waals surface area (Å²) < 4.78 is 5.71. The van der Waals surface area contributed by atoms with Crippen molar-refractivity contribution in [2.75, 3.05) is 12.5 Å². The summed E-state index contributed by atoms with van der Waals surface area (Å²) in [6.45, 7) is 0.734. The van der Waals surface area contributed by atoms with Crippen molar-refractivity contribution in [2.24, 2.45) is 5.92 Å². The molecular formula is C18H20Cl2O. The summed E-state index contributed by atoms with van der Waals surface area (Å²) in [6, 6.07) is 17.9. The average molecular weight is 323 g/mol. The fraction of sp³-hybridized carbons (Fsp3) is 0.333. The molecule has 0 aliphatic rings. The minimum Gasteiger partial charge on any atom is -0.494 e. The van der Waals surface area contributed by atoms with Crippen LogP contribution in [0.15, 0.2) is 54.6 Å². The average Bonchev–Trinajstić information content (AvgIpc) is 2.53. The molecule has 0 aliphatic heterocycles. The Morgan fingerprint density at radius 2 is 1.67 bits per heavy atom. The molecule has 0 saturated carbocycles. The lowest BCUT2D eigenvalue weighted by Gasteiger charge is -2.14. The molecule has 0 radical (unpaired) electrons. The van der Waals surface area contributed by atoms with Crippen molar-refractivity contribution in [1.82, 2.24) is 0 Å². The Labute approximate surface area is 136 Å². The van der Waals surface area contributed by atoms with Crippen LogP contribution < -0.4 is 4.74 Å². The zero-order chi connectivity index (χ0) is 14.9. The zero-order valence-electron chi connectivity index (χ0n) is 12.0. The second kappa shape index (κ2) is 8.96. The highest BCUT2D eigenvalue weighted by Crippen LogP contribution is 2.18. The molecule has 1 unspecified atom stereocenters. The molecule has 1 atom stereocenters. The van der Waals surface area contributed by atoms with Crippen LogP contribution in [-0.4, -0.2) is 12.5 Å². The smallest absolute Gasteiger partial charge is 0.119 e. The van der Waals surface area contributed by atoms with Gasteiger partial charge in [0.2, 0.25) is 0 Å². The van der Waals surface area contributed by atoms with Crippen molar-refractivity contribution in [3.63, 3.8) is 0 Å². The number of hydrogen-bond donors (Lipinski definition) is 0. The van der Waals surface area contributed by atoms with Gasteiger partial charge >= 0.3 is 0 Å². The van der Waals surface area contributed by atoms with Crippen LogP contribution in [0.4, 0.5) is 0 Å². The van der Waals surface area contributed by atoms with E-state index in [-0.39, 0.29) is 0 Å². The maximum absolute atomic E-state index is 6.08. The molecule has 1 nitrogen and oxygen atoms in total. The van der Waals surface area contributed by atoms with E-state index in [4.69, 9.17) is 27.9 Å². The number of hydrogen-bond acceptors (Lipinski definition) is 1. The minimum absolute atomic E-state index is 0.479. The molecule has 0 fully saturated rings. The van der Waals surface area contributed by atoms with Crippen LogP contribution in [0.25, 0.3) is 0 Å². The second-order valence-corrected chi connectivity index (χ2v) is 5.90. The Bertz CT molecular complexity index is 511. The van der Waals surface area contributed by atoms with Gasteiger partial charge in [0.15, 0.2) is 0 Å². The SMILES string of the molecule is ClCC(CCCOc1ccccc1)Cc1ccc(Cl)cc1. The van der Waals surface area contributed by atoms with Crippen LogP contribution in [-0.2, 0) is 6.42 Å². The van der Waals surface area contributed by atoms with Gasteiger partial charge in [-0.05, 0) is 55.0 Å². The number of ether oxygens (including phenoxy) is 1. The lowest BCUT2D eigenvalue weighted by atomic mass is 9.97. The summed E-state index contributed by atoms with van der Waals surface area (Å²) in [4.78, 5) is 0. The van der Waals surface area contributed by atoms with Gasteiger partial charge in [-0.25, -0.2) is 0 Å². The fourth-order valence-electron chi connectivity index (χ4n) is 2.27. The standard InChI is InChI=1S/C18H20Cl2O/c19-14-16(13-15-8-10-17(20)11-9-15)5-4-12-21-18-6-2-1-3-7-18/h1-3,6-11,16H,4-5,12-14H2. The summed E-state index contributed by atoms with van der Waals surface area (Å²) in [7, 11) is 0. The van der Waals surface area contributed by atoms with Crippen molar-refractivity contribution in [1.29, 1.82) is 0 Å². The molecule has 0 bridgehead atoms. The number of benzene rings is 2. The van der Waals surface area contributed by atoms with Gasteiger partial charge in [0.05, 0.1) is 6.61 Å². The van der Waals surface area contributed by atoms with Crippen molar-refractivity contribution in [3.8, 4) is 5.75 Å². The van der Waals surface area contributed by atoms with Gasteiger partial charge in [-0.1, -0.05) is 41.9 Å². The molecule has 0 aliphatic carbocycles. The maximum Gasteiger partial charge on any atom is 0.119 e. The molecular weight excluding hydrogens is 303 g/mol. The number of rotatable bonds is 8. The Morgan fingerprint density at radius 1 is 0.952 bits per heavy atom. The molecule has 2 rings (SSSR count). The number of para-hydroxylation sites is 1. The van der Waals surface area contributed by atoms with E-state index in [1.165, 1.54) is 5.56 Å². The molecule has 0 heterocycles. The molecule has 0 N–H and O–H groups in total. The van der Waals surface area contributed by atoms with Crippen molar-refractivity contribution >= 4 is 23.2 Å². The van der Waals surface area contributed by atoms with E-state index >= 15 is 0 Å². The molecule has 2 aromatic rings.